The number of benzene rings is 1. The number of hydrogen-bond acceptors (Lipinski definition) is 4. The fourth-order valence-corrected chi connectivity index (χ4v) is 3.79. The van der Waals surface area contributed by atoms with Crippen molar-refractivity contribution in [2.75, 3.05) is 5.75 Å². The van der Waals surface area contributed by atoms with Gasteiger partial charge >= 0.3 is 0 Å². The molecule has 0 saturated heterocycles. The van der Waals surface area contributed by atoms with Crippen LogP contribution in [0.1, 0.15) is 16.0 Å². The highest BCUT2D eigenvalue weighted by Gasteiger charge is 2.17. The summed E-state index contributed by atoms with van der Waals surface area (Å²) in [5.41, 5.74) is 1.77. The maximum absolute atomic E-state index is 12.0. The zero-order chi connectivity index (χ0) is 15.3. The Morgan fingerprint density at radius 3 is 2.52 bits per heavy atom. The topological polar surface area (TPSA) is 63.2 Å². The van der Waals surface area contributed by atoms with Crippen LogP contribution in [0.5, 0.6) is 0 Å². The summed E-state index contributed by atoms with van der Waals surface area (Å²) in [5, 5.41) is 4.54. The Morgan fingerprint density at radius 1 is 1.19 bits per heavy atom. The average Bonchev–Trinajstić information content (AvgIpc) is 2.91. The van der Waals surface area contributed by atoms with Crippen LogP contribution < -0.4 is 5.32 Å². The SMILES string of the molecule is Cc1ccc(CS(=O)(=O)CC(=O)NCc2cccs2)cc1. The van der Waals surface area contributed by atoms with Crippen molar-refractivity contribution in [3.05, 3.63) is 57.8 Å². The van der Waals surface area contributed by atoms with Crippen molar-refractivity contribution in [3.63, 3.8) is 0 Å². The first-order valence-electron chi connectivity index (χ1n) is 6.50. The largest absolute Gasteiger partial charge is 0.350 e. The van der Waals surface area contributed by atoms with Gasteiger partial charge in [0.2, 0.25) is 5.91 Å². The van der Waals surface area contributed by atoms with Gasteiger partial charge in [0, 0.05) is 4.88 Å². The van der Waals surface area contributed by atoms with E-state index >= 15 is 0 Å². The lowest BCUT2D eigenvalue weighted by Gasteiger charge is -2.06. The number of carbonyl (C=O) groups is 1. The second-order valence-corrected chi connectivity index (χ2v) is 7.97. The van der Waals surface area contributed by atoms with E-state index in [1.165, 1.54) is 11.3 Å². The third kappa shape index (κ3) is 5.32. The van der Waals surface area contributed by atoms with Crippen LogP contribution in [0.15, 0.2) is 41.8 Å². The molecule has 0 saturated carbocycles. The number of sulfone groups is 1. The van der Waals surface area contributed by atoms with E-state index in [-0.39, 0.29) is 5.75 Å². The predicted molar refractivity (Wildman–Crippen MR) is 84.8 cm³/mol. The highest BCUT2D eigenvalue weighted by atomic mass is 32.2. The first-order chi connectivity index (χ1) is 9.94. The van der Waals surface area contributed by atoms with Crippen LogP contribution in [0.3, 0.4) is 0 Å². The van der Waals surface area contributed by atoms with E-state index in [0.717, 1.165) is 10.4 Å². The lowest BCUT2D eigenvalue weighted by atomic mass is 10.2. The number of carbonyl (C=O) groups excluding carboxylic acids is 1. The standard InChI is InChI=1S/C15H17NO3S2/c1-12-4-6-13(7-5-12)10-21(18,19)11-15(17)16-9-14-3-2-8-20-14/h2-8H,9-11H2,1H3,(H,16,17). The number of thiophene rings is 1. The van der Waals surface area contributed by atoms with Gasteiger partial charge in [-0.05, 0) is 23.9 Å². The molecular formula is C15H17NO3S2. The first kappa shape index (κ1) is 15.7. The molecule has 0 aliphatic carbocycles. The van der Waals surface area contributed by atoms with Crippen molar-refractivity contribution in [1.29, 1.82) is 0 Å². The summed E-state index contributed by atoms with van der Waals surface area (Å²) in [6, 6.07) is 11.1. The summed E-state index contributed by atoms with van der Waals surface area (Å²) < 4.78 is 24.0. The maximum Gasteiger partial charge on any atom is 0.235 e. The van der Waals surface area contributed by atoms with Crippen molar-refractivity contribution < 1.29 is 13.2 Å². The molecule has 1 amide bonds. The molecule has 0 aliphatic heterocycles. The van der Waals surface area contributed by atoms with E-state index in [0.29, 0.717) is 12.1 Å². The Labute approximate surface area is 128 Å². The molecule has 0 fully saturated rings. The van der Waals surface area contributed by atoms with E-state index < -0.39 is 21.5 Å². The summed E-state index contributed by atoms with van der Waals surface area (Å²) in [5.74, 6) is -1.05. The van der Waals surface area contributed by atoms with Crippen LogP contribution in [0.25, 0.3) is 0 Å². The Bertz CT molecular complexity index is 689. The normalized spacial score (nSPS) is 11.3. The minimum atomic E-state index is -3.45. The second kappa shape index (κ2) is 6.87. The zero-order valence-corrected chi connectivity index (χ0v) is 13.3. The molecule has 0 bridgehead atoms. The molecule has 2 aromatic rings. The van der Waals surface area contributed by atoms with Gasteiger partial charge in [0.1, 0.15) is 5.75 Å². The number of nitrogens with one attached hydrogen (secondary N) is 1. The summed E-state index contributed by atoms with van der Waals surface area (Å²) in [6.45, 7) is 2.31. The highest BCUT2D eigenvalue weighted by Crippen LogP contribution is 2.09. The molecule has 6 heteroatoms. The monoisotopic (exact) mass is 323 g/mol. The molecule has 21 heavy (non-hydrogen) atoms. The van der Waals surface area contributed by atoms with E-state index in [1.54, 1.807) is 12.1 Å². The van der Waals surface area contributed by atoms with Crippen molar-refractivity contribution in [2.45, 2.75) is 19.2 Å². The van der Waals surface area contributed by atoms with Gasteiger partial charge in [0.15, 0.2) is 9.84 Å². The van der Waals surface area contributed by atoms with Crippen LogP contribution in [-0.2, 0) is 26.9 Å². The van der Waals surface area contributed by atoms with Crippen LogP contribution >= 0.6 is 11.3 Å². The van der Waals surface area contributed by atoms with Gasteiger partial charge < -0.3 is 5.32 Å². The molecule has 0 spiro atoms. The molecule has 0 unspecified atom stereocenters. The van der Waals surface area contributed by atoms with Gasteiger partial charge in [0.25, 0.3) is 0 Å². The average molecular weight is 323 g/mol. The van der Waals surface area contributed by atoms with Crippen molar-refractivity contribution >= 4 is 27.1 Å². The Kier molecular flexibility index (Phi) is 5.14. The summed E-state index contributed by atoms with van der Waals surface area (Å²) in [6.07, 6.45) is 0. The Balaban J connectivity index is 1.88. The minimum absolute atomic E-state index is 0.111. The number of amides is 1. The molecule has 1 aromatic heterocycles. The number of aryl methyl sites for hydroxylation is 1. The van der Waals surface area contributed by atoms with Gasteiger partial charge in [-0.25, -0.2) is 8.42 Å². The van der Waals surface area contributed by atoms with Crippen molar-refractivity contribution in [1.82, 2.24) is 5.32 Å². The van der Waals surface area contributed by atoms with E-state index in [9.17, 15) is 13.2 Å². The highest BCUT2D eigenvalue weighted by molar-refractivity contribution is 7.91. The zero-order valence-electron chi connectivity index (χ0n) is 11.7. The molecule has 4 nitrogen and oxygen atoms in total. The molecule has 112 valence electrons. The molecule has 2 rings (SSSR count). The third-order valence-electron chi connectivity index (χ3n) is 2.90. The molecule has 1 N–H and O–H groups in total. The molecule has 1 aromatic carbocycles. The first-order valence-corrected chi connectivity index (χ1v) is 9.20. The fraction of sp³-hybridized carbons (Fsp3) is 0.267. The van der Waals surface area contributed by atoms with Crippen LogP contribution in [-0.4, -0.2) is 20.1 Å². The number of rotatable bonds is 6. The van der Waals surface area contributed by atoms with Crippen LogP contribution in [0.4, 0.5) is 0 Å². The predicted octanol–water partition coefficient (Wildman–Crippen LogP) is 2.29. The number of hydrogen-bond donors (Lipinski definition) is 1. The van der Waals surface area contributed by atoms with Gasteiger partial charge in [0.05, 0.1) is 12.3 Å². The van der Waals surface area contributed by atoms with Gasteiger partial charge in [-0.2, -0.15) is 0 Å². The molecule has 1 heterocycles. The van der Waals surface area contributed by atoms with E-state index in [2.05, 4.69) is 5.32 Å². The lowest BCUT2D eigenvalue weighted by molar-refractivity contribution is -0.118. The minimum Gasteiger partial charge on any atom is -0.350 e. The smallest absolute Gasteiger partial charge is 0.235 e. The Morgan fingerprint density at radius 2 is 1.90 bits per heavy atom. The third-order valence-corrected chi connectivity index (χ3v) is 5.25. The summed E-state index contributed by atoms with van der Waals surface area (Å²) >= 11 is 1.52. The molecule has 0 atom stereocenters. The summed E-state index contributed by atoms with van der Waals surface area (Å²) in [4.78, 5) is 12.7. The van der Waals surface area contributed by atoms with Gasteiger partial charge in [-0.3, -0.25) is 4.79 Å². The second-order valence-electron chi connectivity index (χ2n) is 4.87. The van der Waals surface area contributed by atoms with E-state index in [1.807, 2.05) is 36.6 Å². The van der Waals surface area contributed by atoms with Crippen molar-refractivity contribution in [3.8, 4) is 0 Å². The maximum atomic E-state index is 12.0. The molecule has 0 aliphatic rings. The lowest BCUT2D eigenvalue weighted by Crippen LogP contribution is -2.30. The van der Waals surface area contributed by atoms with Crippen LogP contribution in [0, 0.1) is 6.92 Å². The summed E-state index contributed by atoms with van der Waals surface area (Å²) in [7, 11) is -3.45. The van der Waals surface area contributed by atoms with E-state index in [4.69, 9.17) is 0 Å². The molecule has 0 radical (unpaired) electrons. The van der Waals surface area contributed by atoms with Gasteiger partial charge in [-0.1, -0.05) is 35.9 Å². The van der Waals surface area contributed by atoms with Crippen LogP contribution in [0.2, 0.25) is 0 Å². The van der Waals surface area contributed by atoms with Gasteiger partial charge in [-0.15, -0.1) is 11.3 Å². The molecular weight excluding hydrogens is 306 g/mol. The fourth-order valence-electron chi connectivity index (χ4n) is 1.84. The van der Waals surface area contributed by atoms with Crippen molar-refractivity contribution in [2.24, 2.45) is 0 Å². The Hall–Kier alpha value is -1.66. The quantitative estimate of drug-likeness (QED) is 0.887.